The van der Waals surface area contributed by atoms with Gasteiger partial charge in [0.05, 0.1) is 5.56 Å². The van der Waals surface area contributed by atoms with Crippen LogP contribution in [0.25, 0.3) is 0 Å². The maximum absolute atomic E-state index is 5.73. The zero-order valence-corrected chi connectivity index (χ0v) is 12.1. The third-order valence-electron chi connectivity index (χ3n) is 3.21. The number of aryl methyl sites for hydroxylation is 1. The van der Waals surface area contributed by atoms with Gasteiger partial charge in [-0.05, 0) is 43.7 Å². The summed E-state index contributed by atoms with van der Waals surface area (Å²) in [5.74, 6) is 1.60. The zero-order valence-electron chi connectivity index (χ0n) is 11.3. The quantitative estimate of drug-likeness (QED) is 0.564. The van der Waals surface area contributed by atoms with Crippen LogP contribution < -0.4 is 11.1 Å². The van der Waals surface area contributed by atoms with Gasteiger partial charge in [-0.15, -0.1) is 0 Å². The number of pyridine rings is 1. The van der Waals surface area contributed by atoms with Crippen LogP contribution in [0.2, 0.25) is 0 Å². The molecule has 0 aromatic carbocycles. The average Bonchev–Trinajstić information content (AvgIpc) is 3.17. The Balaban J connectivity index is 1.75. The fraction of sp³-hybridized carbons (Fsp3) is 0.571. The van der Waals surface area contributed by atoms with Crippen molar-refractivity contribution in [1.29, 1.82) is 0 Å². The van der Waals surface area contributed by atoms with Gasteiger partial charge < -0.3 is 15.8 Å². The van der Waals surface area contributed by atoms with Crippen molar-refractivity contribution < 1.29 is 4.74 Å². The average molecular weight is 279 g/mol. The molecule has 0 bridgehead atoms. The van der Waals surface area contributed by atoms with E-state index >= 15 is 0 Å². The predicted molar refractivity (Wildman–Crippen MR) is 81.5 cm³/mol. The molecule has 0 saturated heterocycles. The molecule has 2 rings (SSSR count). The number of ether oxygens (including phenoxy) is 1. The molecule has 19 heavy (non-hydrogen) atoms. The molecule has 0 unspecified atom stereocenters. The molecule has 5 heteroatoms. The second-order valence-electron chi connectivity index (χ2n) is 5.01. The lowest BCUT2D eigenvalue weighted by molar-refractivity contribution is 0.124. The fourth-order valence-corrected chi connectivity index (χ4v) is 2.18. The molecule has 4 nitrogen and oxygen atoms in total. The monoisotopic (exact) mass is 279 g/mol. The van der Waals surface area contributed by atoms with Gasteiger partial charge in [-0.25, -0.2) is 4.98 Å². The number of nitrogens with one attached hydrogen (secondary N) is 1. The van der Waals surface area contributed by atoms with Gasteiger partial charge in [0.25, 0.3) is 0 Å². The fourth-order valence-electron chi connectivity index (χ4n) is 1.92. The summed E-state index contributed by atoms with van der Waals surface area (Å²) in [5, 5.41) is 3.28. The molecule has 1 aliphatic rings. The normalized spacial score (nSPS) is 14.4. The van der Waals surface area contributed by atoms with E-state index in [1.54, 1.807) is 6.20 Å². The second kappa shape index (κ2) is 6.82. The second-order valence-corrected chi connectivity index (χ2v) is 5.45. The number of hydrogen-bond donors (Lipinski definition) is 2. The lowest BCUT2D eigenvalue weighted by Gasteiger charge is -2.12. The first-order chi connectivity index (χ1) is 9.18. The van der Waals surface area contributed by atoms with Crippen molar-refractivity contribution >= 4 is 23.0 Å². The van der Waals surface area contributed by atoms with E-state index in [1.807, 2.05) is 13.0 Å². The van der Waals surface area contributed by atoms with E-state index in [9.17, 15) is 0 Å². The molecule has 3 N–H and O–H groups in total. The Labute approximate surface area is 119 Å². The van der Waals surface area contributed by atoms with E-state index in [1.165, 1.54) is 12.8 Å². The third-order valence-corrected chi connectivity index (χ3v) is 3.42. The van der Waals surface area contributed by atoms with Gasteiger partial charge in [0.2, 0.25) is 0 Å². The molecule has 1 fully saturated rings. The first-order valence-electron chi connectivity index (χ1n) is 6.75. The number of aromatic nitrogens is 1. The van der Waals surface area contributed by atoms with Crippen molar-refractivity contribution in [2.45, 2.75) is 26.2 Å². The molecule has 1 aliphatic carbocycles. The van der Waals surface area contributed by atoms with Crippen molar-refractivity contribution in [3.8, 4) is 0 Å². The van der Waals surface area contributed by atoms with Crippen molar-refractivity contribution in [3.63, 3.8) is 0 Å². The minimum Gasteiger partial charge on any atom is -0.389 e. The Hall–Kier alpha value is -1.20. The summed E-state index contributed by atoms with van der Waals surface area (Å²) < 4.78 is 5.59. The van der Waals surface area contributed by atoms with Crippen LogP contribution >= 0.6 is 12.2 Å². The van der Waals surface area contributed by atoms with Crippen LogP contribution in [-0.4, -0.2) is 29.7 Å². The highest BCUT2D eigenvalue weighted by atomic mass is 32.1. The molecule has 1 aromatic rings. The van der Waals surface area contributed by atoms with Gasteiger partial charge in [0.15, 0.2) is 0 Å². The van der Waals surface area contributed by atoms with Crippen LogP contribution in [0.3, 0.4) is 0 Å². The summed E-state index contributed by atoms with van der Waals surface area (Å²) in [5.41, 5.74) is 7.63. The first-order valence-corrected chi connectivity index (χ1v) is 7.16. The topological polar surface area (TPSA) is 60.2 Å². The minimum absolute atomic E-state index is 0.387. The summed E-state index contributed by atoms with van der Waals surface area (Å²) in [4.78, 5) is 4.68. The summed E-state index contributed by atoms with van der Waals surface area (Å²) >= 11 is 5.07. The standard InChI is InChI=1S/C14H21N3OS/c1-10-5-7-17-14(12(10)13(15)19)16-6-2-8-18-9-11-3-4-11/h5,7,11H,2-4,6,8-9H2,1H3,(H2,15,19)(H,16,17). The number of hydrogen-bond acceptors (Lipinski definition) is 4. The highest BCUT2D eigenvalue weighted by Crippen LogP contribution is 2.28. The molecule has 1 aromatic heterocycles. The van der Waals surface area contributed by atoms with Crippen LogP contribution in [0.5, 0.6) is 0 Å². The maximum Gasteiger partial charge on any atom is 0.136 e. The summed E-state index contributed by atoms with van der Waals surface area (Å²) in [6, 6.07) is 1.92. The largest absolute Gasteiger partial charge is 0.389 e. The predicted octanol–water partition coefficient (Wildman–Crippen LogP) is 2.25. The lowest BCUT2D eigenvalue weighted by atomic mass is 10.1. The van der Waals surface area contributed by atoms with E-state index in [4.69, 9.17) is 22.7 Å². The van der Waals surface area contributed by atoms with Gasteiger partial charge in [-0.3, -0.25) is 0 Å². The smallest absolute Gasteiger partial charge is 0.136 e. The molecule has 0 amide bonds. The Bertz CT molecular complexity index is 446. The van der Waals surface area contributed by atoms with Crippen LogP contribution in [0.4, 0.5) is 5.82 Å². The molecule has 0 aliphatic heterocycles. The zero-order chi connectivity index (χ0) is 13.7. The van der Waals surface area contributed by atoms with E-state index in [2.05, 4.69) is 10.3 Å². The number of anilines is 1. The van der Waals surface area contributed by atoms with E-state index in [-0.39, 0.29) is 0 Å². The molecule has 0 atom stereocenters. The Morgan fingerprint density at radius 3 is 3.05 bits per heavy atom. The number of thiocarbonyl (C=S) groups is 1. The summed E-state index contributed by atoms with van der Waals surface area (Å²) in [6.07, 6.45) is 5.40. The summed E-state index contributed by atoms with van der Waals surface area (Å²) in [7, 11) is 0. The van der Waals surface area contributed by atoms with Crippen LogP contribution in [0.1, 0.15) is 30.4 Å². The Kier molecular flexibility index (Phi) is 5.10. The highest BCUT2D eigenvalue weighted by Gasteiger charge is 2.20. The van der Waals surface area contributed by atoms with Crippen LogP contribution in [0, 0.1) is 12.8 Å². The van der Waals surface area contributed by atoms with E-state index in [0.29, 0.717) is 4.99 Å². The van der Waals surface area contributed by atoms with E-state index in [0.717, 1.165) is 49.0 Å². The van der Waals surface area contributed by atoms with E-state index < -0.39 is 0 Å². The Morgan fingerprint density at radius 2 is 2.37 bits per heavy atom. The molecular weight excluding hydrogens is 258 g/mol. The molecule has 104 valence electrons. The molecule has 0 spiro atoms. The number of nitrogens with zero attached hydrogens (tertiary/aromatic N) is 1. The van der Waals surface area contributed by atoms with Crippen molar-refractivity contribution in [2.75, 3.05) is 25.1 Å². The van der Waals surface area contributed by atoms with Gasteiger partial charge >= 0.3 is 0 Å². The molecule has 1 saturated carbocycles. The maximum atomic E-state index is 5.73. The minimum atomic E-state index is 0.387. The lowest BCUT2D eigenvalue weighted by Crippen LogP contribution is -2.17. The van der Waals surface area contributed by atoms with Gasteiger partial charge in [-0.2, -0.15) is 0 Å². The van der Waals surface area contributed by atoms with Crippen molar-refractivity contribution in [1.82, 2.24) is 4.98 Å². The molecule has 1 heterocycles. The third kappa shape index (κ3) is 4.44. The van der Waals surface area contributed by atoms with Crippen molar-refractivity contribution in [3.05, 3.63) is 23.4 Å². The van der Waals surface area contributed by atoms with Crippen LogP contribution in [0.15, 0.2) is 12.3 Å². The Morgan fingerprint density at radius 1 is 1.58 bits per heavy atom. The highest BCUT2D eigenvalue weighted by molar-refractivity contribution is 7.80. The van der Waals surface area contributed by atoms with Crippen molar-refractivity contribution in [2.24, 2.45) is 11.7 Å². The van der Waals surface area contributed by atoms with Crippen LogP contribution in [-0.2, 0) is 4.74 Å². The number of nitrogens with two attached hydrogens (primary N) is 1. The molecular formula is C14H21N3OS. The van der Waals surface area contributed by atoms with Gasteiger partial charge in [0.1, 0.15) is 10.8 Å². The van der Waals surface area contributed by atoms with Gasteiger partial charge in [-0.1, -0.05) is 12.2 Å². The molecule has 0 radical (unpaired) electrons. The van der Waals surface area contributed by atoms with Gasteiger partial charge in [0, 0.05) is 26.0 Å². The first kappa shape index (κ1) is 14.2. The summed E-state index contributed by atoms with van der Waals surface area (Å²) in [6.45, 7) is 4.51. The SMILES string of the molecule is Cc1ccnc(NCCCOCC2CC2)c1C(N)=S. The number of rotatable bonds is 8.